The van der Waals surface area contributed by atoms with Gasteiger partial charge in [-0.3, -0.25) is 29.1 Å². The lowest BCUT2D eigenvalue weighted by Gasteiger charge is -2.06. The fraction of sp³-hybridized carbons (Fsp3) is 0. The van der Waals surface area contributed by atoms with Crippen molar-refractivity contribution in [1.82, 2.24) is 19.9 Å². The van der Waals surface area contributed by atoms with Crippen molar-refractivity contribution in [3.63, 3.8) is 0 Å². The van der Waals surface area contributed by atoms with Crippen molar-refractivity contribution in [2.24, 2.45) is 0 Å². The van der Waals surface area contributed by atoms with Crippen LogP contribution in [0, 0.1) is 23.3 Å². The van der Waals surface area contributed by atoms with E-state index in [9.17, 15) is 36.7 Å². The summed E-state index contributed by atoms with van der Waals surface area (Å²) in [6, 6.07) is 4.22. The second-order valence-electron chi connectivity index (χ2n) is 9.61. The van der Waals surface area contributed by atoms with Gasteiger partial charge in [0.15, 0.2) is 46.4 Å². The second-order valence-corrected chi connectivity index (χ2v) is 10.1. The quantitative estimate of drug-likeness (QED) is 0.0951. The number of carbonyl (C=O) groups is 4. The van der Waals surface area contributed by atoms with Crippen LogP contribution in [-0.2, 0) is 0 Å². The number of allylic oxidation sites excluding steroid dienone is 2. The third kappa shape index (κ3) is 4.00. The number of aromatic nitrogens is 4. The van der Waals surface area contributed by atoms with Crippen molar-refractivity contribution in [3.05, 3.63) is 111 Å². The predicted octanol–water partition coefficient (Wildman–Crippen LogP) is 5.34. The van der Waals surface area contributed by atoms with Crippen LogP contribution in [-0.4, -0.2) is 43.1 Å². The number of thiol groups is 1. The van der Waals surface area contributed by atoms with E-state index in [4.69, 9.17) is 0 Å². The molecule has 0 saturated heterocycles. The Morgan fingerprint density at radius 2 is 0.953 bits per heavy atom. The summed E-state index contributed by atoms with van der Waals surface area (Å²) in [6.45, 7) is 0. The number of rotatable bonds is 2. The maximum atomic E-state index is 13.7. The van der Waals surface area contributed by atoms with Gasteiger partial charge in [-0.2, -0.15) is 0 Å². The monoisotopic (exact) mass is 598 g/mol. The van der Waals surface area contributed by atoms with Crippen molar-refractivity contribution < 1.29 is 36.7 Å². The van der Waals surface area contributed by atoms with Gasteiger partial charge in [-0.15, -0.1) is 12.6 Å². The van der Waals surface area contributed by atoms with Crippen LogP contribution in [0.5, 0.6) is 0 Å². The molecule has 2 aliphatic rings. The zero-order valence-electron chi connectivity index (χ0n) is 21.1. The highest BCUT2D eigenvalue weighted by Crippen LogP contribution is 2.33. The van der Waals surface area contributed by atoms with Crippen molar-refractivity contribution >= 4 is 70.0 Å². The Balaban J connectivity index is 1.26. The Bertz CT molecular complexity index is 2200. The van der Waals surface area contributed by atoms with Crippen molar-refractivity contribution in [2.45, 2.75) is 4.90 Å². The standard InChI is InChI=1S/C30H10F4N4O4S/c31-18-3-12-13(4-19(18)32)27(40)16(26(12)39)1-10-9-36-24-23(37-10)7-22-25(30(24)43)38-11(8-35-22)2-17-28(41)14-5-20(33)21(34)6-15(14)29(17)42/h1-9,43H. The number of hydrogen-bond donors (Lipinski definition) is 1. The molecule has 0 atom stereocenters. The first kappa shape index (κ1) is 26.5. The highest BCUT2D eigenvalue weighted by atomic mass is 32.1. The van der Waals surface area contributed by atoms with E-state index in [1.165, 1.54) is 24.5 Å². The lowest BCUT2D eigenvalue weighted by Crippen LogP contribution is -2.02. The minimum atomic E-state index is -1.25. The Morgan fingerprint density at radius 1 is 0.535 bits per heavy atom. The normalized spacial score (nSPS) is 14.3. The molecule has 0 bridgehead atoms. The maximum absolute atomic E-state index is 13.7. The summed E-state index contributed by atoms with van der Waals surface area (Å²) in [4.78, 5) is 68.6. The van der Waals surface area contributed by atoms with Crippen LogP contribution in [0.15, 0.2) is 58.8 Å². The molecular weight excluding hydrogens is 588 g/mol. The minimum Gasteiger partial charge on any atom is -0.288 e. The summed E-state index contributed by atoms with van der Waals surface area (Å²) in [5.74, 6) is -8.13. The molecule has 43 heavy (non-hydrogen) atoms. The molecule has 2 aliphatic carbocycles. The van der Waals surface area contributed by atoms with E-state index in [0.717, 1.165) is 6.08 Å². The fourth-order valence-corrected chi connectivity index (χ4v) is 5.30. The van der Waals surface area contributed by atoms with E-state index in [2.05, 4.69) is 32.6 Å². The first-order valence-electron chi connectivity index (χ1n) is 12.3. The summed E-state index contributed by atoms with van der Waals surface area (Å²) in [7, 11) is 0. The molecule has 0 unspecified atom stereocenters. The van der Waals surface area contributed by atoms with Crippen LogP contribution in [0.1, 0.15) is 52.8 Å². The number of benzene rings is 3. The molecule has 0 N–H and O–H groups in total. The average Bonchev–Trinajstić information content (AvgIpc) is 3.33. The molecule has 2 aromatic heterocycles. The second kappa shape index (κ2) is 9.29. The first-order valence-corrected chi connectivity index (χ1v) is 12.7. The van der Waals surface area contributed by atoms with Crippen LogP contribution in [0.4, 0.5) is 17.6 Å². The Kier molecular flexibility index (Phi) is 5.72. The molecule has 0 radical (unpaired) electrons. The molecule has 208 valence electrons. The van der Waals surface area contributed by atoms with Crippen molar-refractivity contribution in [2.75, 3.05) is 0 Å². The van der Waals surface area contributed by atoms with Crippen LogP contribution in [0.2, 0.25) is 0 Å². The van der Waals surface area contributed by atoms with Gasteiger partial charge < -0.3 is 0 Å². The SMILES string of the molecule is O=C1C(=Cc2cnc3c(S)c4nc(C=C5C(=O)c6cc(F)c(F)cc6C5=O)cnc4cc3n2)C(=O)c2cc(F)c(F)cc21. The maximum Gasteiger partial charge on any atom is 0.197 e. The van der Waals surface area contributed by atoms with Crippen LogP contribution in [0.3, 0.4) is 0 Å². The van der Waals surface area contributed by atoms with Gasteiger partial charge >= 0.3 is 0 Å². The molecule has 13 heteroatoms. The molecule has 0 fully saturated rings. The number of halogens is 4. The number of hydrogen-bond acceptors (Lipinski definition) is 9. The first-order chi connectivity index (χ1) is 20.5. The van der Waals surface area contributed by atoms with Crippen molar-refractivity contribution in [3.8, 4) is 0 Å². The van der Waals surface area contributed by atoms with Gasteiger partial charge in [0.2, 0.25) is 0 Å². The Labute approximate surface area is 242 Å². The Morgan fingerprint density at radius 3 is 1.42 bits per heavy atom. The summed E-state index contributed by atoms with van der Waals surface area (Å²) >= 11 is 4.51. The molecule has 2 heterocycles. The number of nitrogens with zero attached hydrogens (tertiary/aromatic N) is 4. The molecular formula is C30H10F4N4O4S. The molecule has 5 aromatic rings. The van der Waals surface area contributed by atoms with E-state index in [1.54, 1.807) is 0 Å². The number of Topliss-reactive ketones (excluding diaryl/α,β-unsaturated/α-hetero) is 4. The molecule has 3 aromatic carbocycles. The summed E-state index contributed by atoms with van der Waals surface area (Å²) in [5, 5.41) is 0. The van der Waals surface area contributed by atoms with Gasteiger partial charge in [-0.1, -0.05) is 0 Å². The molecule has 8 nitrogen and oxygen atoms in total. The zero-order chi connectivity index (χ0) is 30.3. The van der Waals surface area contributed by atoms with Gasteiger partial charge in [-0.05, 0) is 42.5 Å². The third-order valence-corrected chi connectivity index (χ3v) is 7.45. The summed E-state index contributed by atoms with van der Waals surface area (Å²) < 4.78 is 54.6. The van der Waals surface area contributed by atoms with Gasteiger partial charge in [0.25, 0.3) is 0 Å². The number of carbonyl (C=O) groups excluding carboxylic acids is 4. The van der Waals surface area contributed by atoms with E-state index in [0.29, 0.717) is 29.8 Å². The molecule has 0 spiro atoms. The predicted molar refractivity (Wildman–Crippen MR) is 146 cm³/mol. The summed E-state index contributed by atoms with van der Waals surface area (Å²) in [6.07, 6.45) is 4.86. The number of ketones is 4. The van der Waals surface area contributed by atoms with Gasteiger partial charge in [-0.25, -0.2) is 27.5 Å². The highest BCUT2D eigenvalue weighted by Gasteiger charge is 2.36. The van der Waals surface area contributed by atoms with Crippen LogP contribution < -0.4 is 0 Å². The van der Waals surface area contributed by atoms with Gasteiger partial charge in [0.05, 0.1) is 50.9 Å². The minimum absolute atomic E-state index is 0.0904. The Hall–Kier alpha value is -5.43. The molecule has 0 aliphatic heterocycles. The van der Waals surface area contributed by atoms with E-state index in [1.807, 2.05) is 0 Å². The largest absolute Gasteiger partial charge is 0.288 e. The summed E-state index contributed by atoms with van der Waals surface area (Å²) in [5.41, 5.74) is -0.433. The molecule has 0 saturated carbocycles. The zero-order valence-corrected chi connectivity index (χ0v) is 22.0. The lowest BCUT2D eigenvalue weighted by molar-refractivity contribution is 0.0974. The molecule has 7 rings (SSSR count). The van der Waals surface area contributed by atoms with Crippen molar-refractivity contribution in [1.29, 1.82) is 0 Å². The van der Waals surface area contributed by atoms with Crippen LogP contribution in [0.25, 0.3) is 34.2 Å². The van der Waals surface area contributed by atoms with E-state index in [-0.39, 0.29) is 66.2 Å². The third-order valence-electron chi connectivity index (χ3n) is 7.02. The van der Waals surface area contributed by atoms with Gasteiger partial charge in [0, 0.05) is 22.3 Å². The highest BCUT2D eigenvalue weighted by molar-refractivity contribution is 7.80. The smallest absolute Gasteiger partial charge is 0.197 e. The van der Waals surface area contributed by atoms with Gasteiger partial charge in [0.1, 0.15) is 11.0 Å². The fourth-order valence-electron chi connectivity index (χ4n) is 4.96. The lowest BCUT2D eigenvalue weighted by atomic mass is 10.1. The topological polar surface area (TPSA) is 120 Å². The number of fused-ring (bicyclic) bond motifs is 4. The van der Waals surface area contributed by atoms with E-state index < -0.39 is 46.4 Å². The average molecular weight is 598 g/mol. The van der Waals surface area contributed by atoms with Crippen LogP contribution >= 0.6 is 12.6 Å². The molecule has 0 amide bonds. The van der Waals surface area contributed by atoms with E-state index >= 15 is 0 Å².